The molecule has 0 saturated carbocycles. The molecular formula is C15H20Cl2N2O2. The van der Waals surface area contributed by atoms with Gasteiger partial charge in [0.2, 0.25) is 11.8 Å². The number of halogens is 2. The SMILES string of the molecule is CCC(C)NC(=O)CCN(C(C)=O)c1ccc(Cl)cc1Cl. The third kappa shape index (κ3) is 5.56. The molecule has 6 heteroatoms. The Balaban J connectivity index is 2.75. The van der Waals surface area contributed by atoms with Gasteiger partial charge in [0.15, 0.2) is 0 Å². The summed E-state index contributed by atoms with van der Waals surface area (Å²) in [6, 6.07) is 5.05. The van der Waals surface area contributed by atoms with Gasteiger partial charge >= 0.3 is 0 Å². The number of anilines is 1. The highest BCUT2D eigenvalue weighted by Gasteiger charge is 2.16. The van der Waals surface area contributed by atoms with Crippen LogP contribution < -0.4 is 10.2 Å². The molecule has 0 heterocycles. The molecule has 1 aromatic carbocycles. The lowest BCUT2D eigenvalue weighted by atomic mass is 10.2. The number of amides is 2. The van der Waals surface area contributed by atoms with E-state index in [0.29, 0.717) is 15.7 Å². The van der Waals surface area contributed by atoms with Gasteiger partial charge in [-0.3, -0.25) is 9.59 Å². The van der Waals surface area contributed by atoms with Crippen LogP contribution >= 0.6 is 23.2 Å². The Kier molecular flexibility index (Phi) is 6.99. The summed E-state index contributed by atoms with van der Waals surface area (Å²) in [7, 11) is 0. The molecule has 116 valence electrons. The Morgan fingerprint density at radius 3 is 2.52 bits per heavy atom. The van der Waals surface area contributed by atoms with Gasteiger partial charge in [0.1, 0.15) is 0 Å². The number of carbonyl (C=O) groups is 2. The summed E-state index contributed by atoms with van der Waals surface area (Å²) in [6.07, 6.45) is 1.09. The first-order valence-corrected chi connectivity index (χ1v) is 7.63. The molecule has 1 rings (SSSR count). The van der Waals surface area contributed by atoms with Crippen LogP contribution in [0.2, 0.25) is 10.0 Å². The molecule has 0 saturated heterocycles. The number of benzene rings is 1. The van der Waals surface area contributed by atoms with Crippen molar-refractivity contribution in [1.29, 1.82) is 0 Å². The van der Waals surface area contributed by atoms with E-state index in [4.69, 9.17) is 23.2 Å². The smallest absolute Gasteiger partial charge is 0.223 e. The fourth-order valence-electron chi connectivity index (χ4n) is 1.81. The topological polar surface area (TPSA) is 49.4 Å². The van der Waals surface area contributed by atoms with E-state index in [1.807, 2.05) is 13.8 Å². The maximum Gasteiger partial charge on any atom is 0.223 e. The molecule has 2 amide bonds. The van der Waals surface area contributed by atoms with E-state index in [1.54, 1.807) is 18.2 Å². The first-order valence-electron chi connectivity index (χ1n) is 6.87. The van der Waals surface area contributed by atoms with Crippen LogP contribution in [-0.4, -0.2) is 24.4 Å². The van der Waals surface area contributed by atoms with E-state index in [2.05, 4.69) is 5.32 Å². The molecule has 0 spiro atoms. The van der Waals surface area contributed by atoms with Crippen LogP contribution in [0.25, 0.3) is 0 Å². The third-order valence-electron chi connectivity index (χ3n) is 3.16. The van der Waals surface area contributed by atoms with Crippen LogP contribution in [0.1, 0.15) is 33.6 Å². The summed E-state index contributed by atoms with van der Waals surface area (Å²) in [5, 5.41) is 3.76. The fraction of sp³-hybridized carbons (Fsp3) is 0.467. The van der Waals surface area contributed by atoms with E-state index < -0.39 is 0 Å². The maximum atomic E-state index is 11.8. The lowest BCUT2D eigenvalue weighted by molar-refractivity contribution is -0.121. The van der Waals surface area contributed by atoms with Crippen LogP contribution in [-0.2, 0) is 9.59 Å². The van der Waals surface area contributed by atoms with Crippen molar-refractivity contribution in [3.63, 3.8) is 0 Å². The number of nitrogens with one attached hydrogen (secondary N) is 1. The molecular weight excluding hydrogens is 311 g/mol. The van der Waals surface area contributed by atoms with Crippen molar-refractivity contribution in [3.05, 3.63) is 28.2 Å². The molecule has 1 N–H and O–H groups in total. The number of rotatable bonds is 6. The van der Waals surface area contributed by atoms with Gasteiger partial charge < -0.3 is 10.2 Å². The van der Waals surface area contributed by atoms with Crippen molar-refractivity contribution >= 4 is 40.7 Å². The highest BCUT2D eigenvalue weighted by atomic mass is 35.5. The Morgan fingerprint density at radius 2 is 2.00 bits per heavy atom. The molecule has 0 bridgehead atoms. The van der Waals surface area contributed by atoms with Crippen LogP contribution in [0, 0.1) is 0 Å². The fourth-order valence-corrected chi connectivity index (χ4v) is 2.32. The van der Waals surface area contributed by atoms with Crippen molar-refractivity contribution in [2.45, 2.75) is 39.7 Å². The Bertz CT molecular complexity index is 520. The number of nitrogens with zero attached hydrogens (tertiary/aromatic N) is 1. The molecule has 4 nitrogen and oxygen atoms in total. The highest BCUT2D eigenvalue weighted by Crippen LogP contribution is 2.29. The van der Waals surface area contributed by atoms with Crippen LogP contribution in [0.4, 0.5) is 5.69 Å². The van der Waals surface area contributed by atoms with Crippen LogP contribution in [0.15, 0.2) is 18.2 Å². The minimum Gasteiger partial charge on any atom is -0.354 e. The monoisotopic (exact) mass is 330 g/mol. The van der Waals surface area contributed by atoms with Crippen LogP contribution in [0.3, 0.4) is 0 Å². The van der Waals surface area contributed by atoms with Crippen molar-refractivity contribution < 1.29 is 9.59 Å². The summed E-state index contributed by atoms with van der Waals surface area (Å²) in [5.74, 6) is -0.253. The first kappa shape index (κ1) is 17.8. The Labute approximate surface area is 135 Å². The van der Waals surface area contributed by atoms with Gasteiger partial charge in [-0.15, -0.1) is 0 Å². The molecule has 1 atom stereocenters. The zero-order valence-electron chi connectivity index (χ0n) is 12.5. The van der Waals surface area contributed by atoms with Gasteiger partial charge in [-0.05, 0) is 31.5 Å². The minimum atomic E-state index is -0.171. The van der Waals surface area contributed by atoms with Crippen LogP contribution in [0.5, 0.6) is 0 Å². The van der Waals surface area contributed by atoms with E-state index in [9.17, 15) is 9.59 Å². The number of hydrogen-bond donors (Lipinski definition) is 1. The summed E-state index contributed by atoms with van der Waals surface area (Å²) in [5.41, 5.74) is 0.560. The third-order valence-corrected chi connectivity index (χ3v) is 3.70. The highest BCUT2D eigenvalue weighted by molar-refractivity contribution is 6.36. The summed E-state index contributed by atoms with van der Waals surface area (Å²) >= 11 is 12.0. The lowest BCUT2D eigenvalue weighted by Crippen LogP contribution is -2.37. The molecule has 0 aliphatic rings. The molecule has 0 fully saturated rings. The number of hydrogen-bond acceptors (Lipinski definition) is 2. The second-order valence-corrected chi connectivity index (χ2v) is 5.74. The zero-order valence-corrected chi connectivity index (χ0v) is 14.0. The van der Waals surface area contributed by atoms with Gasteiger partial charge in [0.05, 0.1) is 10.7 Å². The van der Waals surface area contributed by atoms with Gasteiger partial charge in [0, 0.05) is 31.0 Å². The number of carbonyl (C=O) groups excluding carboxylic acids is 2. The molecule has 21 heavy (non-hydrogen) atoms. The van der Waals surface area contributed by atoms with Crippen molar-refractivity contribution in [1.82, 2.24) is 5.32 Å². The second-order valence-electron chi connectivity index (χ2n) is 4.89. The average molecular weight is 331 g/mol. The second kappa shape index (κ2) is 8.25. The predicted octanol–water partition coefficient (Wildman–Crippen LogP) is 3.65. The molecule has 1 unspecified atom stereocenters. The minimum absolute atomic E-state index is 0.0827. The normalized spacial score (nSPS) is 11.9. The van der Waals surface area contributed by atoms with Gasteiger partial charge in [-0.1, -0.05) is 30.1 Å². The quantitative estimate of drug-likeness (QED) is 0.865. The predicted molar refractivity (Wildman–Crippen MR) is 87.0 cm³/mol. The van der Waals surface area contributed by atoms with Crippen molar-refractivity contribution in [2.24, 2.45) is 0 Å². The molecule has 1 aromatic rings. The zero-order chi connectivity index (χ0) is 16.0. The van der Waals surface area contributed by atoms with Crippen molar-refractivity contribution in [3.8, 4) is 0 Å². The van der Waals surface area contributed by atoms with E-state index >= 15 is 0 Å². The Hall–Kier alpha value is -1.26. The van der Waals surface area contributed by atoms with Gasteiger partial charge in [-0.2, -0.15) is 0 Å². The summed E-state index contributed by atoms with van der Waals surface area (Å²) in [6.45, 7) is 5.66. The molecule has 0 aliphatic heterocycles. The molecule has 0 aromatic heterocycles. The van der Waals surface area contributed by atoms with E-state index in [-0.39, 0.29) is 30.8 Å². The Morgan fingerprint density at radius 1 is 1.33 bits per heavy atom. The van der Waals surface area contributed by atoms with Crippen molar-refractivity contribution in [2.75, 3.05) is 11.4 Å². The van der Waals surface area contributed by atoms with Gasteiger partial charge in [0.25, 0.3) is 0 Å². The average Bonchev–Trinajstić information content (AvgIpc) is 2.40. The summed E-state index contributed by atoms with van der Waals surface area (Å²) in [4.78, 5) is 25.1. The first-order chi connectivity index (χ1) is 9.85. The maximum absolute atomic E-state index is 11.8. The van der Waals surface area contributed by atoms with E-state index in [0.717, 1.165) is 6.42 Å². The summed E-state index contributed by atoms with van der Waals surface area (Å²) < 4.78 is 0. The molecule has 0 aliphatic carbocycles. The van der Waals surface area contributed by atoms with Gasteiger partial charge in [-0.25, -0.2) is 0 Å². The molecule has 0 radical (unpaired) electrons. The standard InChI is InChI=1S/C15H20Cl2N2O2/c1-4-10(2)18-15(21)7-8-19(11(3)20)14-6-5-12(16)9-13(14)17/h5-6,9-10H,4,7-8H2,1-3H3,(H,18,21). The largest absolute Gasteiger partial charge is 0.354 e. The van der Waals surface area contributed by atoms with E-state index in [1.165, 1.54) is 11.8 Å². The lowest BCUT2D eigenvalue weighted by Gasteiger charge is -2.22.